The summed E-state index contributed by atoms with van der Waals surface area (Å²) in [7, 11) is 0. The molecule has 1 fully saturated rings. The van der Waals surface area contributed by atoms with Crippen LogP contribution in [-0.4, -0.2) is 36.2 Å². The number of aliphatic hydroxyl groups is 1. The number of likely N-dealkylation sites (tertiary alicyclic amines) is 1. The monoisotopic (exact) mass is 329 g/mol. The Kier molecular flexibility index (Phi) is 5.74. The summed E-state index contributed by atoms with van der Waals surface area (Å²) >= 11 is 0. The summed E-state index contributed by atoms with van der Waals surface area (Å²) in [6.45, 7) is 7.35. The van der Waals surface area contributed by atoms with Crippen LogP contribution in [0.3, 0.4) is 0 Å². The third-order valence-corrected chi connectivity index (χ3v) is 5.01. The van der Waals surface area contributed by atoms with E-state index in [0.29, 0.717) is 5.92 Å². The second kappa shape index (κ2) is 7.22. The molecule has 0 unspecified atom stereocenters. The molecule has 0 aliphatic carbocycles. The predicted octanol–water partition coefficient (Wildman–Crippen LogP) is 4.08. The fourth-order valence-corrected chi connectivity index (χ4v) is 3.08. The minimum Gasteiger partial charge on any atom is -0.396 e. The van der Waals surface area contributed by atoms with Crippen LogP contribution in [0.2, 0.25) is 0 Å². The maximum Gasteiger partial charge on any atom is 0.416 e. The van der Waals surface area contributed by atoms with Gasteiger partial charge in [0, 0.05) is 6.61 Å². The number of aliphatic hydroxyl groups excluding tert-OH is 1. The van der Waals surface area contributed by atoms with Crippen LogP contribution in [0.25, 0.3) is 0 Å². The van der Waals surface area contributed by atoms with Crippen LogP contribution in [-0.2, 0) is 11.6 Å². The average molecular weight is 329 g/mol. The van der Waals surface area contributed by atoms with Gasteiger partial charge in [-0.3, -0.25) is 0 Å². The molecule has 0 radical (unpaired) electrons. The molecule has 0 spiro atoms. The van der Waals surface area contributed by atoms with E-state index in [1.807, 2.05) is 0 Å². The zero-order valence-electron chi connectivity index (χ0n) is 13.9. The van der Waals surface area contributed by atoms with Crippen molar-refractivity contribution in [2.45, 2.75) is 44.7 Å². The molecule has 0 saturated carbocycles. The minimum absolute atomic E-state index is 0.155. The Morgan fingerprint density at radius 3 is 2.04 bits per heavy atom. The molecule has 0 amide bonds. The molecule has 1 aliphatic rings. The quantitative estimate of drug-likeness (QED) is 0.880. The third-order valence-electron chi connectivity index (χ3n) is 5.01. The highest BCUT2D eigenvalue weighted by Gasteiger charge is 2.31. The van der Waals surface area contributed by atoms with E-state index in [-0.39, 0.29) is 12.0 Å². The Morgan fingerprint density at radius 1 is 1.04 bits per heavy atom. The molecule has 0 bridgehead atoms. The smallest absolute Gasteiger partial charge is 0.396 e. The summed E-state index contributed by atoms with van der Waals surface area (Å²) in [4.78, 5) is 2.39. The first kappa shape index (κ1) is 18.3. The van der Waals surface area contributed by atoms with E-state index in [2.05, 4.69) is 18.7 Å². The summed E-state index contributed by atoms with van der Waals surface area (Å²) < 4.78 is 37.9. The molecular formula is C18H26F3NO. The highest BCUT2D eigenvalue weighted by molar-refractivity contribution is 5.29. The first-order valence-corrected chi connectivity index (χ1v) is 8.23. The number of benzene rings is 1. The number of nitrogens with zero attached hydrogens (tertiary/aromatic N) is 1. The van der Waals surface area contributed by atoms with Gasteiger partial charge in [0.25, 0.3) is 0 Å². The zero-order chi connectivity index (χ0) is 17.1. The van der Waals surface area contributed by atoms with Crippen LogP contribution >= 0.6 is 0 Å². The van der Waals surface area contributed by atoms with Gasteiger partial charge in [0.05, 0.1) is 5.56 Å². The van der Waals surface area contributed by atoms with Gasteiger partial charge in [0.2, 0.25) is 0 Å². The molecule has 0 aromatic heterocycles. The van der Waals surface area contributed by atoms with Gasteiger partial charge in [-0.05, 0) is 67.9 Å². The highest BCUT2D eigenvalue weighted by Crippen LogP contribution is 2.33. The Bertz CT molecular complexity index is 488. The van der Waals surface area contributed by atoms with Gasteiger partial charge in [0.1, 0.15) is 0 Å². The maximum atomic E-state index is 12.6. The normalized spacial score (nSPS) is 18.3. The highest BCUT2D eigenvalue weighted by atomic mass is 19.4. The van der Waals surface area contributed by atoms with E-state index in [0.717, 1.165) is 44.5 Å². The van der Waals surface area contributed by atoms with Crippen LogP contribution in [0.15, 0.2) is 24.3 Å². The third kappa shape index (κ3) is 4.95. The van der Waals surface area contributed by atoms with Crippen LogP contribution in [0.1, 0.15) is 44.2 Å². The summed E-state index contributed by atoms with van der Waals surface area (Å²) in [6.07, 6.45) is -1.32. The van der Waals surface area contributed by atoms with Crippen molar-refractivity contribution < 1.29 is 18.3 Å². The molecule has 2 rings (SSSR count). The van der Waals surface area contributed by atoms with Gasteiger partial charge < -0.3 is 10.0 Å². The van der Waals surface area contributed by atoms with Crippen molar-refractivity contribution in [3.8, 4) is 0 Å². The zero-order valence-corrected chi connectivity index (χ0v) is 13.9. The van der Waals surface area contributed by atoms with E-state index < -0.39 is 11.7 Å². The second-order valence-electron chi connectivity index (χ2n) is 7.18. The Morgan fingerprint density at radius 2 is 1.57 bits per heavy atom. The van der Waals surface area contributed by atoms with Crippen molar-refractivity contribution in [3.05, 3.63) is 35.4 Å². The standard InChI is InChI=1S/C18H26F3NO/c1-17(2,9-12-22-10-7-14(13-23)8-11-22)15-3-5-16(6-4-15)18(19,20)21/h3-6,14,23H,7-13H2,1-2H3. The molecule has 1 aromatic rings. The molecule has 1 N–H and O–H groups in total. The molecule has 1 aromatic carbocycles. The number of alkyl halides is 3. The molecule has 130 valence electrons. The number of piperidine rings is 1. The molecule has 5 heteroatoms. The van der Waals surface area contributed by atoms with Gasteiger partial charge in [0.15, 0.2) is 0 Å². The first-order valence-electron chi connectivity index (χ1n) is 8.23. The van der Waals surface area contributed by atoms with Gasteiger partial charge in [-0.15, -0.1) is 0 Å². The van der Waals surface area contributed by atoms with Gasteiger partial charge in [-0.25, -0.2) is 0 Å². The Labute approximate surface area is 136 Å². The van der Waals surface area contributed by atoms with Gasteiger partial charge in [-0.1, -0.05) is 26.0 Å². The van der Waals surface area contributed by atoms with Crippen LogP contribution < -0.4 is 0 Å². The van der Waals surface area contributed by atoms with Crippen molar-refractivity contribution in [1.82, 2.24) is 4.90 Å². The molecule has 1 saturated heterocycles. The molecule has 23 heavy (non-hydrogen) atoms. The maximum absolute atomic E-state index is 12.6. The van der Waals surface area contributed by atoms with Gasteiger partial charge in [-0.2, -0.15) is 13.2 Å². The van der Waals surface area contributed by atoms with E-state index in [9.17, 15) is 13.2 Å². The van der Waals surface area contributed by atoms with E-state index >= 15 is 0 Å². The van der Waals surface area contributed by atoms with Crippen LogP contribution in [0, 0.1) is 5.92 Å². The fourth-order valence-electron chi connectivity index (χ4n) is 3.08. The lowest BCUT2D eigenvalue weighted by molar-refractivity contribution is -0.137. The summed E-state index contributed by atoms with van der Waals surface area (Å²) in [5.74, 6) is 0.425. The lowest BCUT2D eigenvalue weighted by Crippen LogP contribution is -2.37. The number of rotatable bonds is 5. The molecule has 1 aliphatic heterocycles. The molecule has 2 nitrogen and oxygen atoms in total. The topological polar surface area (TPSA) is 23.5 Å². The van der Waals surface area contributed by atoms with E-state index in [4.69, 9.17) is 5.11 Å². The lowest BCUT2D eigenvalue weighted by Gasteiger charge is -2.34. The summed E-state index contributed by atoms with van der Waals surface area (Å²) in [6, 6.07) is 5.54. The molecule has 0 atom stereocenters. The first-order chi connectivity index (χ1) is 10.7. The van der Waals surface area contributed by atoms with Crippen molar-refractivity contribution in [3.63, 3.8) is 0 Å². The summed E-state index contributed by atoms with van der Waals surface area (Å²) in [5, 5.41) is 9.17. The SMILES string of the molecule is CC(C)(CCN1CCC(CO)CC1)c1ccc(C(F)(F)F)cc1. The lowest BCUT2D eigenvalue weighted by atomic mass is 9.81. The van der Waals surface area contributed by atoms with Crippen molar-refractivity contribution >= 4 is 0 Å². The largest absolute Gasteiger partial charge is 0.416 e. The van der Waals surface area contributed by atoms with Crippen LogP contribution in [0.4, 0.5) is 13.2 Å². The number of hydrogen-bond donors (Lipinski definition) is 1. The summed E-state index contributed by atoms with van der Waals surface area (Å²) in [5.41, 5.74) is 0.191. The number of hydrogen-bond acceptors (Lipinski definition) is 2. The van der Waals surface area contributed by atoms with Crippen molar-refractivity contribution in [2.24, 2.45) is 5.92 Å². The molecule has 1 heterocycles. The molecular weight excluding hydrogens is 303 g/mol. The van der Waals surface area contributed by atoms with Crippen LogP contribution in [0.5, 0.6) is 0 Å². The van der Waals surface area contributed by atoms with Gasteiger partial charge >= 0.3 is 6.18 Å². The van der Waals surface area contributed by atoms with E-state index in [1.54, 1.807) is 12.1 Å². The fraction of sp³-hybridized carbons (Fsp3) is 0.667. The van der Waals surface area contributed by atoms with Crippen molar-refractivity contribution in [2.75, 3.05) is 26.2 Å². The average Bonchev–Trinajstić information content (AvgIpc) is 2.53. The second-order valence-corrected chi connectivity index (χ2v) is 7.18. The van der Waals surface area contributed by atoms with Crippen molar-refractivity contribution in [1.29, 1.82) is 0 Å². The van der Waals surface area contributed by atoms with E-state index in [1.165, 1.54) is 12.1 Å². The number of halogens is 3. The Hall–Kier alpha value is -1.07. The minimum atomic E-state index is -4.28. The Balaban J connectivity index is 1.91. The predicted molar refractivity (Wildman–Crippen MR) is 85.3 cm³/mol.